The summed E-state index contributed by atoms with van der Waals surface area (Å²) in [6, 6.07) is 0. The molecule has 1 heteroatoms. The second-order valence-corrected chi connectivity index (χ2v) is 5.61. The van der Waals surface area contributed by atoms with Crippen molar-refractivity contribution in [3.8, 4) is 0 Å². The third-order valence-corrected chi connectivity index (χ3v) is 4.51. The van der Waals surface area contributed by atoms with Crippen molar-refractivity contribution in [3.63, 3.8) is 0 Å². The zero-order valence-electron chi connectivity index (χ0n) is 11.5. The van der Waals surface area contributed by atoms with E-state index in [1.807, 2.05) is 0 Å². The van der Waals surface area contributed by atoms with E-state index in [2.05, 4.69) is 37.0 Å². The lowest BCUT2D eigenvalue weighted by Gasteiger charge is -2.39. The molecule has 1 atom stereocenters. The van der Waals surface area contributed by atoms with Crippen LogP contribution in [0, 0.1) is 5.41 Å². The van der Waals surface area contributed by atoms with Crippen LogP contribution in [-0.4, -0.2) is 6.54 Å². The molecular formula is C17H25N. The van der Waals surface area contributed by atoms with Gasteiger partial charge in [-0.3, -0.25) is 0 Å². The van der Waals surface area contributed by atoms with Crippen LogP contribution in [0.25, 0.3) is 0 Å². The third-order valence-electron chi connectivity index (χ3n) is 4.51. The second kappa shape index (κ2) is 6.22. The largest absolute Gasteiger partial charge is 0.330 e. The Balaban J connectivity index is 2.17. The van der Waals surface area contributed by atoms with Gasteiger partial charge < -0.3 is 5.73 Å². The normalized spacial score (nSPS) is 31.7. The number of allylic oxidation sites excluding steroid dienone is 5. The molecule has 0 heterocycles. The molecule has 0 radical (unpaired) electrons. The molecule has 0 aromatic heterocycles. The first-order valence-corrected chi connectivity index (χ1v) is 7.30. The van der Waals surface area contributed by atoms with Crippen LogP contribution in [-0.2, 0) is 0 Å². The van der Waals surface area contributed by atoms with Gasteiger partial charge >= 0.3 is 0 Å². The van der Waals surface area contributed by atoms with E-state index in [0.29, 0.717) is 5.41 Å². The van der Waals surface area contributed by atoms with E-state index in [1.165, 1.54) is 37.7 Å². The lowest BCUT2D eigenvalue weighted by Crippen LogP contribution is -2.26. The summed E-state index contributed by atoms with van der Waals surface area (Å²) in [7, 11) is 0. The van der Waals surface area contributed by atoms with Crippen molar-refractivity contribution in [2.75, 3.05) is 6.54 Å². The maximum atomic E-state index is 5.69. The van der Waals surface area contributed by atoms with Gasteiger partial charge in [0.2, 0.25) is 0 Å². The Labute approximate surface area is 111 Å². The Hall–Kier alpha value is -1.04. The zero-order chi connectivity index (χ0) is 12.8. The van der Waals surface area contributed by atoms with Crippen LogP contribution in [0.5, 0.6) is 0 Å². The summed E-state index contributed by atoms with van der Waals surface area (Å²) in [5.41, 5.74) is 12.6. The Morgan fingerprint density at radius 1 is 1.44 bits per heavy atom. The lowest BCUT2D eigenvalue weighted by molar-refractivity contribution is 0.209. The molecule has 1 unspecified atom stereocenters. The molecule has 0 bridgehead atoms. The van der Waals surface area contributed by atoms with E-state index in [1.54, 1.807) is 5.57 Å². The van der Waals surface area contributed by atoms with Crippen molar-refractivity contribution in [3.05, 3.63) is 41.2 Å². The number of hydrogen-bond donors (Lipinski definition) is 1. The van der Waals surface area contributed by atoms with Crippen molar-refractivity contribution >= 4 is 0 Å². The van der Waals surface area contributed by atoms with Gasteiger partial charge in [0.05, 0.1) is 0 Å². The number of fused-ring (bicyclic) bond motifs is 1. The van der Waals surface area contributed by atoms with Crippen molar-refractivity contribution in [2.45, 2.75) is 51.9 Å². The van der Waals surface area contributed by atoms with Crippen LogP contribution in [0.3, 0.4) is 0 Å². The van der Waals surface area contributed by atoms with E-state index in [4.69, 9.17) is 5.73 Å². The van der Waals surface area contributed by atoms with E-state index in [-0.39, 0.29) is 0 Å². The molecule has 0 aromatic rings. The number of rotatable bonds is 4. The molecule has 18 heavy (non-hydrogen) atoms. The van der Waals surface area contributed by atoms with E-state index in [9.17, 15) is 0 Å². The van der Waals surface area contributed by atoms with Crippen LogP contribution >= 0.6 is 0 Å². The second-order valence-electron chi connectivity index (χ2n) is 5.61. The van der Waals surface area contributed by atoms with Gasteiger partial charge in [0, 0.05) is 0 Å². The summed E-state index contributed by atoms with van der Waals surface area (Å²) in [6.45, 7) is 3.16. The van der Waals surface area contributed by atoms with Crippen molar-refractivity contribution < 1.29 is 0 Å². The average Bonchev–Trinajstić information content (AvgIpc) is 2.38. The van der Waals surface area contributed by atoms with Crippen molar-refractivity contribution in [1.82, 2.24) is 0 Å². The van der Waals surface area contributed by atoms with Crippen molar-refractivity contribution in [1.29, 1.82) is 0 Å². The SMILES string of the molecule is CCC1(CCCN)CCC2=C=C/C=C\C/C=C\2C1. The molecule has 0 aromatic carbocycles. The van der Waals surface area contributed by atoms with Crippen LogP contribution in [0.1, 0.15) is 51.9 Å². The van der Waals surface area contributed by atoms with Gasteiger partial charge in [-0.2, -0.15) is 0 Å². The maximum absolute atomic E-state index is 5.69. The summed E-state index contributed by atoms with van der Waals surface area (Å²) in [4.78, 5) is 0. The Bertz CT molecular complexity index is 407. The summed E-state index contributed by atoms with van der Waals surface area (Å²) in [5.74, 6) is 0. The standard InChI is InChI=1S/C17H25N/c1-2-17(11-7-13-18)12-10-15-8-5-3-4-6-9-16(15)14-17/h3-5,9H,2,6-7,10-14,18H2,1H3/b4-3-,16-9-. The summed E-state index contributed by atoms with van der Waals surface area (Å²) < 4.78 is 0. The molecule has 0 amide bonds. The monoisotopic (exact) mass is 243 g/mol. The molecule has 2 aliphatic carbocycles. The number of nitrogens with two attached hydrogens (primary N) is 1. The first-order chi connectivity index (χ1) is 8.79. The highest BCUT2D eigenvalue weighted by atomic mass is 14.5. The highest BCUT2D eigenvalue weighted by Crippen LogP contribution is 2.47. The van der Waals surface area contributed by atoms with Gasteiger partial charge in [-0.15, -0.1) is 5.73 Å². The van der Waals surface area contributed by atoms with Gasteiger partial charge in [-0.05, 0) is 67.7 Å². The maximum Gasteiger partial charge on any atom is -0.00310 e. The van der Waals surface area contributed by atoms with Gasteiger partial charge in [0.25, 0.3) is 0 Å². The molecule has 1 fully saturated rings. The van der Waals surface area contributed by atoms with E-state index < -0.39 is 0 Å². The number of hydrogen-bond acceptors (Lipinski definition) is 1. The first kappa shape index (κ1) is 13.4. The molecular weight excluding hydrogens is 218 g/mol. The smallest absolute Gasteiger partial charge is 0.00310 e. The van der Waals surface area contributed by atoms with Crippen LogP contribution in [0.15, 0.2) is 41.2 Å². The molecule has 2 rings (SSSR count). The first-order valence-electron chi connectivity index (χ1n) is 7.30. The van der Waals surface area contributed by atoms with E-state index in [0.717, 1.165) is 19.4 Å². The summed E-state index contributed by atoms with van der Waals surface area (Å²) >= 11 is 0. The van der Waals surface area contributed by atoms with Crippen LogP contribution in [0.4, 0.5) is 0 Å². The lowest BCUT2D eigenvalue weighted by atomic mass is 9.66. The minimum absolute atomic E-state index is 0.499. The van der Waals surface area contributed by atoms with Crippen molar-refractivity contribution in [2.24, 2.45) is 11.1 Å². The van der Waals surface area contributed by atoms with Crippen LogP contribution < -0.4 is 5.73 Å². The van der Waals surface area contributed by atoms with Gasteiger partial charge in [0.1, 0.15) is 0 Å². The highest BCUT2D eigenvalue weighted by molar-refractivity contribution is 5.36. The Kier molecular flexibility index (Phi) is 4.63. The Morgan fingerprint density at radius 3 is 3.11 bits per heavy atom. The molecule has 0 saturated heterocycles. The summed E-state index contributed by atoms with van der Waals surface area (Å²) in [5, 5.41) is 0. The fourth-order valence-electron chi connectivity index (χ4n) is 3.18. The minimum Gasteiger partial charge on any atom is -0.330 e. The minimum atomic E-state index is 0.499. The van der Waals surface area contributed by atoms with Crippen LogP contribution in [0.2, 0.25) is 0 Å². The Morgan fingerprint density at radius 2 is 2.33 bits per heavy atom. The predicted molar refractivity (Wildman–Crippen MR) is 78.3 cm³/mol. The van der Waals surface area contributed by atoms with Gasteiger partial charge in [0.15, 0.2) is 0 Å². The molecule has 2 N–H and O–H groups in total. The summed E-state index contributed by atoms with van der Waals surface area (Å²) in [6.07, 6.45) is 17.3. The average molecular weight is 243 g/mol. The fraction of sp³-hybridized carbons (Fsp3) is 0.588. The molecule has 98 valence electrons. The molecule has 2 aliphatic rings. The molecule has 1 nitrogen and oxygen atoms in total. The predicted octanol–water partition coefficient (Wildman–Crippen LogP) is 4.27. The zero-order valence-corrected chi connectivity index (χ0v) is 11.5. The topological polar surface area (TPSA) is 26.0 Å². The van der Waals surface area contributed by atoms with E-state index >= 15 is 0 Å². The van der Waals surface area contributed by atoms with Gasteiger partial charge in [-0.1, -0.05) is 31.6 Å². The molecule has 1 saturated carbocycles. The fourth-order valence-corrected chi connectivity index (χ4v) is 3.18. The molecule has 0 spiro atoms. The molecule has 0 aliphatic heterocycles. The highest BCUT2D eigenvalue weighted by Gasteiger charge is 2.33. The van der Waals surface area contributed by atoms with Gasteiger partial charge in [-0.25, -0.2) is 0 Å². The third kappa shape index (κ3) is 3.04. The quantitative estimate of drug-likeness (QED) is 0.733.